The fraction of sp³-hybridized carbons (Fsp3) is 0.167. The maximum Gasteiger partial charge on any atom is 0.197 e. The van der Waals surface area contributed by atoms with Crippen LogP contribution in [0.3, 0.4) is 0 Å². The number of phenolic OH excluding ortho intramolecular Hbond substituents is 1. The third-order valence-corrected chi connectivity index (χ3v) is 3.67. The minimum absolute atomic E-state index is 0.0695. The molecule has 0 unspecified atom stereocenters. The topological polar surface area (TPSA) is 50.4 Å². The van der Waals surface area contributed by atoms with Crippen LogP contribution in [0, 0.1) is 6.92 Å². The molecular weight excluding hydrogens is 264 g/mol. The number of aryl methyl sites for hydroxylation is 2. The molecular formula is C18H16O3. The van der Waals surface area contributed by atoms with Gasteiger partial charge in [0.1, 0.15) is 17.1 Å². The van der Waals surface area contributed by atoms with Crippen molar-refractivity contribution in [2.75, 3.05) is 0 Å². The SMILES string of the molecule is CCc1oc2cccc(C)c2c1C(=O)c1ccc(O)cc1. The average Bonchev–Trinajstić information content (AvgIpc) is 2.87. The van der Waals surface area contributed by atoms with E-state index >= 15 is 0 Å². The predicted molar refractivity (Wildman–Crippen MR) is 81.9 cm³/mol. The quantitative estimate of drug-likeness (QED) is 0.730. The first-order valence-electron chi connectivity index (χ1n) is 6.96. The van der Waals surface area contributed by atoms with Gasteiger partial charge in [0.2, 0.25) is 0 Å². The van der Waals surface area contributed by atoms with Crippen molar-refractivity contribution >= 4 is 16.8 Å². The number of aromatic hydroxyl groups is 1. The number of carbonyl (C=O) groups excluding carboxylic acids is 1. The molecule has 0 aliphatic heterocycles. The zero-order valence-electron chi connectivity index (χ0n) is 12.0. The molecule has 3 nitrogen and oxygen atoms in total. The van der Waals surface area contributed by atoms with E-state index in [1.165, 1.54) is 12.1 Å². The van der Waals surface area contributed by atoms with Gasteiger partial charge < -0.3 is 9.52 Å². The normalized spacial score (nSPS) is 11.0. The third kappa shape index (κ3) is 2.21. The summed E-state index contributed by atoms with van der Waals surface area (Å²) in [6, 6.07) is 12.1. The summed E-state index contributed by atoms with van der Waals surface area (Å²) in [7, 11) is 0. The summed E-state index contributed by atoms with van der Waals surface area (Å²) < 4.78 is 5.83. The minimum atomic E-state index is -0.0695. The first-order chi connectivity index (χ1) is 10.1. The Morgan fingerprint density at radius 2 is 1.86 bits per heavy atom. The number of ketones is 1. The molecule has 0 fully saturated rings. The lowest BCUT2D eigenvalue weighted by Gasteiger charge is -2.03. The Morgan fingerprint density at radius 1 is 1.14 bits per heavy atom. The van der Waals surface area contributed by atoms with E-state index in [0.29, 0.717) is 23.3 Å². The van der Waals surface area contributed by atoms with Crippen LogP contribution in [0.15, 0.2) is 46.9 Å². The van der Waals surface area contributed by atoms with Crippen LogP contribution in [0.1, 0.15) is 34.2 Å². The number of benzene rings is 2. The highest BCUT2D eigenvalue weighted by atomic mass is 16.3. The zero-order valence-corrected chi connectivity index (χ0v) is 12.0. The van der Waals surface area contributed by atoms with Crippen molar-refractivity contribution in [1.29, 1.82) is 0 Å². The molecule has 0 saturated carbocycles. The van der Waals surface area contributed by atoms with E-state index in [9.17, 15) is 9.90 Å². The Balaban J connectivity index is 2.23. The van der Waals surface area contributed by atoms with E-state index in [-0.39, 0.29) is 11.5 Å². The molecule has 1 aromatic heterocycles. The lowest BCUT2D eigenvalue weighted by Crippen LogP contribution is -2.03. The molecule has 3 heteroatoms. The molecule has 106 valence electrons. The van der Waals surface area contributed by atoms with Crippen LogP contribution < -0.4 is 0 Å². The van der Waals surface area contributed by atoms with Gasteiger partial charge in [-0.25, -0.2) is 0 Å². The van der Waals surface area contributed by atoms with Gasteiger partial charge in [-0.2, -0.15) is 0 Å². The number of phenols is 1. The van der Waals surface area contributed by atoms with Gasteiger partial charge in [0, 0.05) is 17.4 Å². The molecule has 0 radical (unpaired) electrons. The fourth-order valence-corrected chi connectivity index (χ4v) is 2.62. The van der Waals surface area contributed by atoms with Gasteiger partial charge in [-0.1, -0.05) is 19.1 Å². The van der Waals surface area contributed by atoms with Gasteiger partial charge in [0.15, 0.2) is 5.78 Å². The van der Waals surface area contributed by atoms with E-state index in [2.05, 4.69) is 0 Å². The molecule has 0 amide bonds. The molecule has 1 heterocycles. The number of furan rings is 1. The summed E-state index contributed by atoms with van der Waals surface area (Å²) in [5.74, 6) is 0.785. The first kappa shape index (κ1) is 13.4. The molecule has 0 aliphatic carbocycles. The number of fused-ring (bicyclic) bond motifs is 1. The Bertz CT molecular complexity index is 810. The Labute approximate surface area is 122 Å². The van der Waals surface area contributed by atoms with Crippen molar-refractivity contribution in [2.45, 2.75) is 20.3 Å². The monoisotopic (exact) mass is 280 g/mol. The summed E-state index contributed by atoms with van der Waals surface area (Å²) in [5.41, 5.74) is 2.96. The summed E-state index contributed by atoms with van der Waals surface area (Å²) >= 11 is 0. The van der Waals surface area contributed by atoms with Crippen LogP contribution in [0.2, 0.25) is 0 Å². The van der Waals surface area contributed by atoms with Crippen LogP contribution in [0.25, 0.3) is 11.0 Å². The number of hydrogen-bond donors (Lipinski definition) is 1. The fourth-order valence-electron chi connectivity index (χ4n) is 2.62. The summed E-state index contributed by atoms with van der Waals surface area (Å²) in [6.07, 6.45) is 0.660. The van der Waals surface area contributed by atoms with Crippen LogP contribution in [-0.4, -0.2) is 10.9 Å². The van der Waals surface area contributed by atoms with Gasteiger partial charge in [-0.15, -0.1) is 0 Å². The van der Waals surface area contributed by atoms with Crippen LogP contribution in [-0.2, 0) is 6.42 Å². The molecule has 3 rings (SSSR count). The van der Waals surface area contributed by atoms with E-state index in [1.54, 1.807) is 12.1 Å². The first-order valence-corrected chi connectivity index (χ1v) is 6.96. The van der Waals surface area contributed by atoms with Crippen molar-refractivity contribution in [3.05, 3.63) is 64.9 Å². The van der Waals surface area contributed by atoms with Crippen molar-refractivity contribution in [1.82, 2.24) is 0 Å². The lowest BCUT2D eigenvalue weighted by molar-refractivity contribution is 0.103. The molecule has 0 bridgehead atoms. The average molecular weight is 280 g/mol. The molecule has 0 saturated heterocycles. The highest BCUT2D eigenvalue weighted by Gasteiger charge is 2.22. The van der Waals surface area contributed by atoms with Gasteiger partial charge in [0.05, 0.1) is 5.56 Å². The maximum absolute atomic E-state index is 12.8. The molecule has 1 N–H and O–H groups in total. The zero-order chi connectivity index (χ0) is 15.0. The number of carbonyl (C=O) groups is 1. The summed E-state index contributed by atoms with van der Waals surface area (Å²) in [5, 5.41) is 10.2. The van der Waals surface area contributed by atoms with Gasteiger partial charge in [0.25, 0.3) is 0 Å². The highest BCUT2D eigenvalue weighted by molar-refractivity contribution is 6.17. The summed E-state index contributed by atoms with van der Waals surface area (Å²) in [6.45, 7) is 3.95. The second-order valence-corrected chi connectivity index (χ2v) is 5.08. The van der Waals surface area contributed by atoms with E-state index in [4.69, 9.17) is 4.42 Å². The van der Waals surface area contributed by atoms with E-state index < -0.39 is 0 Å². The molecule has 0 atom stereocenters. The Kier molecular flexibility index (Phi) is 3.26. The molecule has 3 aromatic rings. The van der Waals surface area contributed by atoms with Crippen LogP contribution in [0.5, 0.6) is 5.75 Å². The Hall–Kier alpha value is -2.55. The molecule has 0 aliphatic rings. The lowest BCUT2D eigenvalue weighted by atomic mass is 9.97. The Morgan fingerprint density at radius 3 is 2.52 bits per heavy atom. The molecule has 0 spiro atoms. The van der Waals surface area contributed by atoms with Gasteiger partial charge in [-0.05, 0) is 42.8 Å². The minimum Gasteiger partial charge on any atom is -0.508 e. The number of hydrogen-bond acceptors (Lipinski definition) is 3. The second-order valence-electron chi connectivity index (χ2n) is 5.08. The van der Waals surface area contributed by atoms with Crippen molar-refractivity contribution in [3.63, 3.8) is 0 Å². The highest BCUT2D eigenvalue weighted by Crippen LogP contribution is 2.31. The predicted octanol–water partition coefficient (Wildman–Crippen LogP) is 4.24. The van der Waals surface area contributed by atoms with E-state index in [0.717, 1.165) is 16.5 Å². The molecule has 2 aromatic carbocycles. The number of rotatable bonds is 3. The third-order valence-electron chi connectivity index (χ3n) is 3.67. The standard InChI is InChI=1S/C18H16O3/c1-3-14-17(16-11(2)5-4-6-15(16)21-14)18(20)12-7-9-13(19)10-8-12/h4-10,19H,3H2,1-2H3. The maximum atomic E-state index is 12.8. The van der Waals surface area contributed by atoms with Crippen molar-refractivity contribution in [2.24, 2.45) is 0 Å². The van der Waals surface area contributed by atoms with Crippen LogP contribution >= 0.6 is 0 Å². The van der Waals surface area contributed by atoms with Gasteiger partial charge in [-0.3, -0.25) is 4.79 Å². The van der Waals surface area contributed by atoms with Crippen LogP contribution in [0.4, 0.5) is 0 Å². The van der Waals surface area contributed by atoms with Crippen molar-refractivity contribution in [3.8, 4) is 5.75 Å². The largest absolute Gasteiger partial charge is 0.508 e. The van der Waals surface area contributed by atoms with Gasteiger partial charge >= 0.3 is 0 Å². The molecule has 21 heavy (non-hydrogen) atoms. The van der Waals surface area contributed by atoms with Crippen molar-refractivity contribution < 1.29 is 14.3 Å². The second kappa shape index (κ2) is 5.09. The van der Waals surface area contributed by atoms with E-state index in [1.807, 2.05) is 32.0 Å². The summed E-state index contributed by atoms with van der Waals surface area (Å²) in [4.78, 5) is 12.8. The smallest absolute Gasteiger partial charge is 0.197 e.